The van der Waals surface area contributed by atoms with Crippen LogP contribution in [-0.4, -0.2) is 22.0 Å². The van der Waals surface area contributed by atoms with Gasteiger partial charge in [0.2, 0.25) is 0 Å². The zero-order chi connectivity index (χ0) is 21.3. The van der Waals surface area contributed by atoms with Crippen molar-refractivity contribution in [2.24, 2.45) is 0 Å². The number of carbonyl (C=O) groups excluding carboxylic acids is 1. The van der Waals surface area contributed by atoms with E-state index in [4.69, 9.17) is 4.74 Å². The van der Waals surface area contributed by atoms with Crippen molar-refractivity contribution in [3.05, 3.63) is 126 Å². The fourth-order valence-corrected chi connectivity index (χ4v) is 3.51. The van der Waals surface area contributed by atoms with Gasteiger partial charge in [0.1, 0.15) is 5.75 Å². The van der Waals surface area contributed by atoms with Crippen LogP contribution in [0.4, 0.5) is 0 Å². The van der Waals surface area contributed by atoms with E-state index in [2.05, 4.69) is 29.0 Å². The standard InChI is InChI=1S/C27H26N2O2/c30-27(22-31-26-16-8-3-9-17-26)29(20-24-13-6-2-7-14-24)21-25-15-10-18-28(25)19-23-11-4-1-5-12-23/h1-18H,19-22H2. The highest BCUT2D eigenvalue weighted by atomic mass is 16.5. The Morgan fingerprint density at radius 2 is 1.32 bits per heavy atom. The van der Waals surface area contributed by atoms with E-state index < -0.39 is 0 Å². The average molecular weight is 411 g/mol. The molecule has 0 saturated carbocycles. The summed E-state index contributed by atoms with van der Waals surface area (Å²) >= 11 is 0. The molecule has 1 amide bonds. The first-order chi connectivity index (χ1) is 15.3. The van der Waals surface area contributed by atoms with Crippen molar-refractivity contribution in [1.82, 2.24) is 9.47 Å². The van der Waals surface area contributed by atoms with Gasteiger partial charge in [-0.2, -0.15) is 0 Å². The molecule has 0 aliphatic rings. The Morgan fingerprint density at radius 1 is 0.710 bits per heavy atom. The maximum Gasteiger partial charge on any atom is 0.261 e. The molecule has 4 rings (SSSR count). The fraction of sp³-hybridized carbons (Fsp3) is 0.148. The number of aromatic nitrogens is 1. The maximum atomic E-state index is 13.1. The molecule has 1 aromatic heterocycles. The lowest BCUT2D eigenvalue weighted by Gasteiger charge is -2.24. The van der Waals surface area contributed by atoms with Gasteiger partial charge in [-0.05, 0) is 35.4 Å². The third-order valence-corrected chi connectivity index (χ3v) is 5.15. The van der Waals surface area contributed by atoms with Gasteiger partial charge in [0.05, 0.1) is 6.54 Å². The molecule has 3 aromatic carbocycles. The molecule has 4 nitrogen and oxygen atoms in total. The largest absolute Gasteiger partial charge is 0.484 e. The number of hydrogen-bond acceptors (Lipinski definition) is 2. The van der Waals surface area contributed by atoms with Gasteiger partial charge in [0.15, 0.2) is 6.61 Å². The molecule has 156 valence electrons. The number of nitrogens with zero attached hydrogens (tertiary/aromatic N) is 2. The van der Waals surface area contributed by atoms with Gasteiger partial charge in [0, 0.05) is 25.0 Å². The first-order valence-electron chi connectivity index (χ1n) is 10.5. The van der Waals surface area contributed by atoms with Crippen LogP contribution in [0.1, 0.15) is 16.8 Å². The summed E-state index contributed by atoms with van der Waals surface area (Å²) in [7, 11) is 0. The number of amides is 1. The first kappa shape index (κ1) is 20.5. The summed E-state index contributed by atoms with van der Waals surface area (Å²) in [5.41, 5.74) is 3.41. The van der Waals surface area contributed by atoms with E-state index in [1.807, 2.05) is 89.8 Å². The zero-order valence-corrected chi connectivity index (χ0v) is 17.4. The highest BCUT2D eigenvalue weighted by Crippen LogP contribution is 2.15. The number of ether oxygens (including phenoxy) is 1. The molecule has 4 heteroatoms. The topological polar surface area (TPSA) is 34.5 Å². The van der Waals surface area contributed by atoms with E-state index in [1.165, 1.54) is 5.56 Å². The summed E-state index contributed by atoms with van der Waals surface area (Å²) in [6, 6.07) is 34.0. The van der Waals surface area contributed by atoms with E-state index in [1.54, 1.807) is 0 Å². The summed E-state index contributed by atoms with van der Waals surface area (Å²) in [4.78, 5) is 15.0. The Hall–Kier alpha value is -3.79. The molecule has 0 fully saturated rings. The number of benzene rings is 3. The maximum absolute atomic E-state index is 13.1. The highest BCUT2D eigenvalue weighted by molar-refractivity contribution is 5.77. The van der Waals surface area contributed by atoms with Gasteiger partial charge >= 0.3 is 0 Å². The first-order valence-corrected chi connectivity index (χ1v) is 10.5. The van der Waals surface area contributed by atoms with Crippen LogP contribution in [0.5, 0.6) is 5.75 Å². The van der Waals surface area contributed by atoms with Gasteiger partial charge in [-0.25, -0.2) is 0 Å². The van der Waals surface area contributed by atoms with Crippen LogP contribution in [0.15, 0.2) is 109 Å². The molecular formula is C27H26N2O2. The van der Waals surface area contributed by atoms with E-state index in [9.17, 15) is 4.79 Å². The van der Waals surface area contributed by atoms with Crippen molar-refractivity contribution < 1.29 is 9.53 Å². The summed E-state index contributed by atoms with van der Waals surface area (Å²) in [6.07, 6.45) is 2.06. The molecular weight excluding hydrogens is 384 g/mol. The van der Waals surface area contributed by atoms with Crippen LogP contribution in [0.3, 0.4) is 0 Å². The van der Waals surface area contributed by atoms with Crippen molar-refractivity contribution in [2.45, 2.75) is 19.6 Å². The number of carbonyl (C=O) groups is 1. The average Bonchev–Trinajstić information content (AvgIpc) is 3.25. The Labute approximate surface area is 183 Å². The normalized spacial score (nSPS) is 10.6. The predicted octanol–water partition coefficient (Wildman–Crippen LogP) is 5.14. The van der Waals surface area contributed by atoms with E-state index >= 15 is 0 Å². The van der Waals surface area contributed by atoms with Crippen LogP contribution in [0, 0.1) is 0 Å². The molecule has 0 saturated heterocycles. The zero-order valence-electron chi connectivity index (χ0n) is 17.4. The molecule has 1 heterocycles. The summed E-state index contributed by atoms with van der Waals surface area (Å²) in [5, 5.41) is 0. The molecule has 0 N–H and O–H groups in total. The van der Waals surface area contributed by atoms with Crippen molar-refractivity contribution in [1.29, 1.82) is 0 Å². The van der Waals surface area contributed by atoms with Crippen molar-refractivity contribution in [2.75, 3.05) is 6.61 Å². The SMILES string of the molecule is O=C(COc1ccccc1)N(Cc1ccccc1)Cc1cccn1Cc1ccccc1. The predicted molar refractivity (Wildman–Crippen MR) is 123 cm³/mol. The smallest absolute Gasteiger partial charge is 0.261 e. The molecule has 4 aromatic rings. The quantitative estimate of drug-likeness (QED) is 0.383. The molecule has 0 unspecified atom stereocenters. The Balaban J connectivity index is 1.49. The van der Waals surface area contributed by atoms with Gasteiger partial charge in [-0.3, -0.25) is 4.79 Å². The molecule has 0 spiro atoms. The second kappa shape index (κ2) is 10.3. The van der Waals surface area contributed by atoms with E-state index in [-0.39, 0.29) is 12.5 Å². The van der Waals surface area contributed by atoms with Crippen LogP contribution in [0.25, 0.3) is 0 Å². The van der Waals surface area contributed by atoms with Crippen LogP contribution in [-0.2, 0) is 24.4 Å². The highest BCUT2D eigenvalue weighted by Gasteiger charge is 2.17. The lowest BCUT2D eigenvalue weighted by atomic mass is 10.2. The van der Waals surface area contributed by atoms with Gasteiger partial charge in [0.25, 0.3) is 5.91 Å². The van der Waals surface area contributed by atoms with Crippen LogP contribution in [0.2, 0.25) is 0 Å². The monoisotopic (exact) mass is 410 g/mol. The Kier molecular flexibility index (Phi) is 6.81. The Bertz CT molecular complexity index is 1080. The summed E-state index contributed by atoms with van der Waals surface area (Å²) < 4.78 is 7.93. The van der Waals surface area contributed by atoms with Crippen LogP contribution >= 0.6 is 0 Å². The molecule has 31 heavy (non-hydrogen) atoms. The van der Waals surface area contributed by atoms with Gasteiger partial charge in [-0.15, -0.1) is 0 Å². The van der Waals surface area contributed by atoms with Crippen molar-refractivity contribution in [3.63, 3.8) is 0 Å². The number of para-hydroxylation sites is 1. The van der Waals surface area contributed by atoms with E-state index in [0.717, 1.165) is 17.8 Å². The number of rotatable bonds is 9. The lowest BCUT2D eigenvalue weighted by molar-refractivity contribution is -0.134. The third kappa shape index (κ3) is 5.86. The summed E-state index contributed by atoms with van der Waals surface area (Å²) in [5.74, 6) is 0.656. The van der Waals surface area contributed by atoms with Gasteiger partial charge < -0.3 is 14.2 Å². The van der Waals surface area contributed by atoms with Crippen molar-refractivity contribution in [3.8, 4) is 5.75 Å². The second-order valence-corrected chi connectivity index (χ2v) is 7.45. The molecule has 0 bridgehead atoms. The molecule has 0 atom stereocenters. The van der Waals surface area contributed by atoms with Gasteiger partial charge in [-0.1, -0.05) is 78.9 Å². The Morgan fingerprint density at radius 3 is 2.00 bits per heavy atom. The minimum absolute atomic E-state index is 0.0102. The minimum atomic E-state index is -0.0415. The van der Waals surface area contributed by atoms with Crippen LogP contribution < -0.4 is 4.74 Å². The molecule has 0 aliphatic heterocycles. The van der Waals surface area contributed by atoms with Crippen molar-refractivity contribution >= 4 is 5.91 Å². The third-order valence-electron chi connectivity index (χ3n) is 5.15. The second-order valence-electron chi connectivity index (χ2n) is 7.45. The fourth-order valence-electron chi connectivity index (χ4n) is 3.51. The van der Waals surface area contributed by atoms with E-state index in [0.29, 0.717) is 18.8 Å². The lowest BCUT2D eigenvalue weighted by Crippen LogP contribution is -2.34. The molecule has 0 radical (unpaired) electrons. The summed E-state index contributed by atoms with van der Waals surface area (Å²) in [6.45, 7) is 1.84. The minimum Gasteiger partial charge on any atom is -0.484 e. The number of hydrogen-bond donors (Lipinski definition) is 0. The molecule has 0 aliphatic carbocycles.